The molecule has 1 rings (SSSR count). The number of rotatable bonds is 6. The topological polar surface area (TPSA) is 38.7 Å². The van der Waals surface area contributed by atoms with Gasteiger partial charge in [0.05, 0.1) is 6.10 Å². The summed E-state index contributed by atoms with van der Waals surface area (Å²) in [5, 5.41) is 13.3. The van der Waals surface area contributed by atoms with Crippen molar-refractivity contribution in [2.45, 2.75) is 51.3 Å². The summed E-state index contributed by atoms with van der Waals surface area (Å²) < 4.78 is 0. The summed E-state index contributed by atoms with van der Waals surface area (Å²) in [7, 11) is 4.30. The number of nitrogens with zero attached hydrogens (tertiary/aromatic N) is 2. The molecule has 0 amide bonds. The van der Waals surface area contributed by atoms with Gasteiger partial charge in [0.15, 0.2) is 0 Å². The van der Waals surface area contributed by atoms with Crippen molar-refractivity contribution in [3.05, 3.63) is 0 Å². The van der Waals surface area contributed by atoms with Crippen LogP contribution in [0.15, 0.2) is 0 Å². The molecule has 0 aromatic rings. The highest BCUT2D eigenvalue weighted by atomic mass is 16.3. The normalized spacial score (nSPS) is 23.8. The molecule has 2 atom stereocenters. The third kappa shape index (κ3) is 6.14. The molecule has 0 aliphatic carbocycles. The van der Waals surface area contributed by atoms with E-state index in [1.165, 1.54) is 19.4 Å². The minimum Gasteiger partial charge on any atom is -0.390 e. The largest absolute Gasteiger partial charge is 0.390 e. The number of likely N-dealkylation sites (tertiary alicyclic amines) is 1. The van der Waals surface area contributed by atoms with E-state index >= 15 is 0 Å². The van der Waals surface area contributed by atoms with Crippen molar-refractivity contribution in [3.63, 3.8) is 0 Å². The van der Waals surface area contributed by atoms with E-state index in [4.69, 9.17) is 0 Å². The van der Waals surface area contributed by atoms with Gasteiger partial charge in [-0.05, 0) is 54.3 Å². The Kier molecular flexibility index (Phi) is 6.05. The minimum absolute atomic E-state index is 0.0746. The first kappa shape index (κ1) is 15.9. The predicted octanol–water partition coefficient (Wildman–Crippen LogP) is 0.761. The molecule has 4 heteroatoms. The van der Waals surface area contributed by atoms with Crippen LogP contribution in [0.25, 0.3) is 0 Å². The third-order valence-electron chi connectivity index (χ3n) is 3.58. The van der Waals surface area contributed by atoms with Crippen molar-refractivity contribution in [2.75, 3.05) is 40.3 Å². The van der Waals surface area contributed by atoms with Crippen LogP contribution >= 0.6 is 0 Å². The van der Waals surface area contributed by atoms with Crippen LogP contribution in [0.5, 0.6) is 0 Å². The molecule has 2 unspecified atom stereocenters. The molecule has 1 fully saturated rings. The molecule has 0 saturated carbocycles. The van der Waals surface area contributed by atoms with Crippen LogP contribution in [0.2, 0.25) is 0 Å². The van der Waals surface area contributed by atoms with E-state index in [1.807, 2.05) is 0 Å². The van der Waals surface area contributed by atoms with E-state index in [1.54, 1.807) is 0 Å². The second kappa shape index (κ2) is 6.85. The maximum Gasteiger partial charge on any atom is 0.0791 e. The monoisotopic (exact) mass is 257 g/mol. The number of hydrogen-bond donors (Lipinski definition) is 2. The van der Waals surface area contributed by atoms with Crippen LogP contribution in [-0.4, -0.2) is 72.9 Å². The van der Waals surface area contributed by atoms with E-state index in [-0.39, 0.29) is 11.6 Å². The average molecular weight is 257 g/mol. The lowest BCUT2D eigenvalue weighted by molar-refractivity contribution is 0.105. The number of hydrogen-bond acceptors (Lipinski definition) is 4. The number of nitrogens with one attached hydrogen (secondary N) is 1. The summed E-state index contributed by atoms with van der Waals surface area (Å²) in [6, 6.07) is 0.665. The molecule has 2 N–H and O–H groups in total. The number of likely N-dealkylation sites (N-methyl/N-ethyl adjacent to an activating group) is 2. The quantitative estimate of drug-likeness (QED) is 0.737. The first-order valence-electron chi connectivity index (χ1n) is 7.10. The molecule has 0 bridgehead atoms. The molecule has 0 aromatic heterocycles. The van der Waals surface area contributed by atoms with Gasteiger partial charge in [-0.25, -0.2) is 0 Å². The Morgan fingerprint density at radius 2 is 2.11 bits per heavy atom. The molecule has 0 radical (unpaired) electrons. The van der Waals surface area contributed by atoms with Gasteiger partial charge in [-0.1, -0.05) is 0 Å². The van der Waals surface area contributed by atoms with Gasteiger partial charge in [0.2, 0.25) is 0 Å². The highest BCUT2D eigenvalue weighted by Gasteiger charge is 2.23. The first-order valence-corrected chi connectivity index (χ1v) is 7.10. The fraction of sp³-hybridized carbons (Fsp3) is 1.00. The molecule has 18 heavy (non-hydrogen) atoms. The Balaban J connectivity index is 2.20. The second-order valence-corrected chi connectivity index (χ2v) is 6.78. The van der Waals surface area contributed by atoms with Crippen LogP contribution in [0.4, 0.5) is 0 Å². The molecular formula is C14H31N3O. The van der Waals surface area contributed by atoms with E-state index in [0.717, 1.165) is 13.1 Å². The van der Waals surface area contributed by atoms with Crippen molar-refractivity contribution in [1.82, 2.24) is 15.1 Å². The van der Waals surface area contributed by atoms with Gasteiger partial charge in [0, 0.05) is 31.2 Å². The summed E-state index contributed by atoms with van der Waals surface area (Å²) in [6.07, 6.45) is 2.31. The van der Waals surface area contributed by atoms with Gasteiger partial charge in [-0.2, -0.15) is 0 Å². The third-order valence-corrected chi connectivity index (χ3v) is 3.58. The van der Waals surface area contributed by atoms with Crippen LogP contribution in [-0.2, 0) is 0 Å². The van der Waals surface area contributed by atoms with Gasteiger partial charge in [0.1, 0.15) is 0 Å². The van der Waals surface area contributed by atoms with E-state index in [9.17, 15) is 5.11 Å². The van der Waals surface area contributed by atoms with Gasteiger partial charge >= 0.3 is 0 Å². The van der Waals surface area contributed by atoms with Crippen molar-refractivity contribution in [2.24, 2.45) is 0 Å². The lowest BCUT2D eigenvalue weighted by Crippen LogP contribution is -2.46. The van der Waals surface area contributed by atoms with Gasteiger partial charge < -0.3 is 20.2 Å². The van der Waals surface area contributed by atoms with Crippen molar-refractivity contribution < 1.29 is 5.11 Å². The molecule has 4 nitrogen and oxygen atoms in total. The van der Waals surface area contributed by atoms with Gasteiger partial charge in [0.25, 0.3) is 0 Å². The summed E-state index contributed by atoms with van der Waals surface area (Å²) >= 11 is 0. The minimum atomic E-state index is -0.291. The molecule has 0 spiro atoms. The van der Waals surface area contributed by atoms with Crippen LogP contribution < -0.4 is 5.32 Å². The van der Waals surface area contributed by atoms with E-state index in [2.05, 4.69) is 50.0 Å². The van der Waals surface area contributed by atoms with Crippen LogP contribution in [0, 0.1) is 0 Å². The molecule has 0 aromatic carbocycles. The standard InChI is InChI=1S/C14H31N3O/c1-14(2,3)15-9-13(18)11-16(4)10-12-7-6-8-17(12)5/h12-13,15,18H,6-11H2,1-5H3. The molecule has 1 aliphatic heterocycles. The van der Waals surface area contributed by atoms with Crippen molar-refractivity contribution >= 4 is 0 Å². The predicted molar refractivity (Wildman–Crippen MR) is 76.9 cm³/mol. The fourth-order valence-corrected chi connectivity index (χ4v) is 2.49. The summed E-state index contributed by atoms with van der Waals surface area (Å²) in [5.41, 5.74) is 0.0746. The number of aliphatic hydroxyl groups is 1. The molecule has 1 heterocycles. The molecule has 1 aliphatic rings. The zero-order chi connectivity index (χ0) is 13.8. The SMILES string of the molecule is CN(CC(O)CNC(C)(C)C)CC1CCCN1C. The van der Waals surface area contributed by atoms with Crippen LogP contribution in [0.3, 0.4) is 0 Å². The highest BCUT2D eigenvalue weighted by molar-refractivity contribution is 4.80. The zero-order valence-corrected chi connectivity index (χ0v) is 12.7. The van der Waals surface area contributed by atoms with E-state index in [0.29, 0.717) is 12.6 Å². The number of aliphatic hydroxyl groups excluding tert-OH is 1. The smallest absolute Gasteiger partial charge is 0.0791 e. The Bertz CT molecular complexity index is 240. The lowest BCUT2D eigenvalue weighted by atomic mass is 10.1. The molecular weight excluding hydrogens is 226 g/mol. The summed E-state index contributed by atoms with van der Waals surface area (Å²) in [4.78, 5) is 4.68. The lowest BCUT2D eigenvalue weighted by Gasteiger charge is -2.28. The van der Waals surface area contributed by atoms with Crippen molar-refractivity contribution in [1.29, 1.82) is 0 Å². The maximum atomic E-state index is 10.0. The Morgan fingerprint density at radius 3 is 2.61 bits per heavy atom. The van der Waals surface area contributed by atoms with Gasteiger partial charge in [-0.3, -0.25) is 0 Å². The molecule has 1 saturated heterocycles. The van der Waals surface area contributed by atoms with E-state index < -0.39 is 0 Å². The maximum absolute atomic E-state index is 10.0. The highest BCUT2D eigenvalue weighted by Crippen LogP contribution is 2.15. The Hall–Kier alpha value is -0.160. The Morgan fingerprint density at radius 1 is 1.44 bits per heavy atom. The van der Waals surface area contributed by atoms with Crippen LogP contribution in [0.1, 0.15) is 33.6 Å². The summed E-state index contributed by atoms with van der Waals surface area (Å²) in [6.45, 7) is 10.0. The number of β-amino-alcohol motifs (C(OH)–C–C–N with tert-alkyl or cyclic N) is 1. The Labute approximate surface area is 112 Å². The first-order chi connectivity index (χ1) is 8.28. The second-order valence-electron chi connectivity index (χ2n) is 6.78. The van der Waals surface area contributed by atoms with Crippen molar-refractivity contribution in [3.8, 4) is 0 Å². The summed E-state index contributed by atoms with van der Waals surface area (Å²) in [5.74, 6) is 0. The van der Waals surface area contributed by atoms with Gasteiger partial charge in [-0.15, -0.1) is 0 Å². The zero-order valence-electron chi connectivity index (χ0n) is 12.7. The fourth-order valence-electron chi connectivity index (χ4n) is 2.49. The molecule has 108 valence electrons. The average Bonchev–Trinajstić information content (AvgIpc) is 2.60.